The molecule has 0 aromatic carbocycles. The van der Waals surface area contributed by atoms with Crippen LogP contribution in [0.5, 0.6) is 0 Å². The van der Waals surface area contributed by atoms with Crippen molar-refractivity contribution in [3.05, 3.63) is 35.7 Å². The Hall–Kier alpha value is -2.22. The summed E-state index contributed by atoms with van der Waals surface area (Å²) in [5.74, 6) is 0.779. The van der Waals surface area contributed by atoms with Crippen molar-refractivity contribution in [2.45, 2.75) is 13.8 Å². The van der Waals surface area contributed by atoms with Crippen molar-refractivity contribution in [2.75, 3.05) is 0 Å². The number of rotatable bonds is 1. The molecule has 0 saturated carbocycles. The van der Waals surface area contributed by atoms with E-state index in [9.17, 15) is 0 Å². The highest BCUT2D eigenvalue weighted by atomic mass is 15.2. The van der Waals surface area contributed by atoms with Gasteiger partial charge in [-0.25, -0.2) is 15.0 Å². The zero-order valence-corrected chi connectivity index (χ0v) is 8.47. The summed E-state index contributed by atoms with van der Waals surface area (Å²) in [4.78, 5) is 12.4. The van der Waals surface area contributed by atoms with E-state index in [1.165, 1.54) is 0 Å². The molecule has 0 aliphatic rings. The maximum Gasteiger partial charge on any atom is 0.236 e. The summed E-state index contributed by atoms with van der Waals surface area (Å²) in [5.41, 5.74) is 1.74. The van der Waals surface area contributed by atoms with Gasteiger partial charge >= 0.3 is 0 Å². The van der Waals surface area contributed by atoms with E-state index in [1.807, 2.05) is 26.0 Å². The molecular weight excluding hydrogens is 190 g/mol. The molecule has 74 valence electrons. The van der Waals surface area contributed by atoms with Gasteiger partial charge in [0, 0.05) is 23.8 Å². The van der Waals surface area contributed by atoms with Gasteiger partial charge in [-0.05, 0) is 19.9 Å². The molecule has 0 saturated heterocycles. The standard InChI is InChI=1S/C10H9N5/c1-7-5-8(2)14-10(13-7)15-4-3-12-9(15)6-11/h3-5H,1-2H3. The van der Waals surface area contributed by atoms with Gasteiger partial charge in [-0.2, -0.15) is 5.26 Å². The summed E-state index contributed by atoms with van der Waals surface area (Å²) in [5, 5.41) is 8.82. The van der Waals surface area contributed by atoms with Crippen LogP contribution in [0.15, 0.2) is 18.5 Å². The van der Waals surface area contributed by atoms with E-state index in [0.29, 0.717) is 11.8 Å². The molecule has 0 aliphatic heterocycles. The molecule has 0 N–H and O–H groups in total. The van der Waals surface area contributed by atoms with E-state index in [0.717, 1.165) is 11.4 Å². The maximum absolute atomic E-state index is 8.82. The molecule has 2 heterocycles. The van der Waals surface area contributed by atoms with Crippen molar-refractivity contribution in [3.63, 3.8) is 0 Å². The number of aromatic nitrogens is 4. The van der Waals surface area contributed by atoms with Gasteiger partial charge in [0.05, 0.1) is 0 Å². The lowest BCUT2D eigenvalue weighted by molar-refractivity contribution is 0.880. The lowest BCUT2D eigenvalue weighted by Crippen LogP contribution is -2.04. The number of imidazole rings is 1. The van der Waals surface area contributed by atoms with Crippen LogP contribution in [0, 0.1) is 25.2 Å². The molecule has 5 nitrogen and oxygen atoms in total. The van der Waals surface area contributed by atoms with Gasteiger partial charge in [0.25, 0.3) is 0 Å². The van der Waals surface area contributed by atoms with Crippen molar-refractivity contribution in [1.29, 1.82) is 5.26 Å². The average molecular weight is 199 g/mol. The van der Waals surface area contributed by atoms with E-state index in [2.05, 4.69) is 15.0 Å². The smallest absolute Gasteiger partial charge is 0.236 e. The molecular formula is C10H9N5. The molecule has 0 fully saturated rings. The van der Waals surface area contributed by atoms with Gasteiger partial charge in [0.15, 0.2) is 0 Å². The zero-order chi connectivity index (χ0) is 10.8. The first-order chi connectivity index (χ1) is 7.20. The molecule has 0 bridgehead atoms. The lowest BCUT2D eigenvalue weighted by Gasteiger charge is -2.03. The maximum atomic E-state index is 8.82. The van der Waals surface area contributed by atoms with Gasteiger partial charge in [-0.3, -0.25) is 4.57 Å². The number of hydrogen-bond donors (Lipinski definition) is 0. The quantitative estimate of drug-likeness (QED) is 0.691. The first-order valence-corrected chi connectivity index (χ1v) is 4.47. The number of nitrogens with zero attached hydrogens (tertiary/aromatic N) is 5. The van der Waals surface area contributed by atoms with E-state index < -0.39 is 0 Å². The normalized spacial score (nSPS) is 9.93. The minimum absolute atomic E-state index is 0.292. The molecule has 2 rings (SSSR count). The van der Waals surface area contributed by atoms with Crippen LogP contribution in [-0.2, 0) is 0 Å². The van der Waals surface area contributed by atoms with Crippen molar-refractivity contribution >= 4 is 0 Å². The van der Waals surface area contributed by atoms with Crippen LogP contribution >= 0.6 is 0 Å². The van der Waals surface area contributed by atoms with Gasteiger partial charge < -0.3 is 0 Å². The van der Waals surface area contributed by atoms with Gasteiger partial charge in [0.2, 0.25) is 11.8 Å². The number of aryl methyl sites for hydroxylation is 2. The molecule has 0 aliphatic carbocycles. The van der Waals surface area contributed by atoms with E-state index in [4.69, 9.17) is 5.26 Å². The Morgan fingerprint density at radius 1 is 1.27 bits per heavy atom. The Balaban J connectivity index is 2.60. The van der Waals surface area contributed by atoms with Gasteiger partial charge in [-0.1, -0.05) is 0 Å². The first-order valence-electron chi connectivity index (χ1n) is 4.47. The van der Waals surface area contributed by atoms with Crippen LogP contribution in [0.25, 0.3) is 5.95 Å². The van der Waals surface area contributed by atoms with Crippen LogP contribution in [0.3, 0.4) is 0 Å². The zero-order valence-electron chi connectivity index (χ0n) is 8.47. The van der Waals surface area contributed by atoms with Crippen molar-refractivity contribution < 1.29 is 0 Å². The Labute approximate surface area is 87.1 Å². The van der Waals surface area contributed by atoms with Gasteiger partial charge in [-0.15, -0.1) is 0 Å². The predicted molar refractivity (Wildman–Crippen MR) is 53.3 cm³/mol. The monoisotopic (exact) mass is 199 g/mol. The number of nitriles is 1. The second kappa shape index (κ2) is 3.50. The Kier molecular flexibility index (Phi) is 2.18. The van der Waals surface area contributed by atoms with Crippen molar-refractivity contribution in [3.8, 4) is 12.0 Å². The summed E-state index contributed by atoms with van der Waals surface area (Å²) in [6.07, 6.45) is 3.23. The SMILES string of the molecule is Cc1cc(C)nc(-n2ccnc2C#N)n1. The summed E-state index contributed by atoms with van der Waals surface area (Å²) >= 11 is 0. The minimum atomic E-state index is 0.292. The first kappa shape index (κ1) is 9.34. The van der Waals surface area contributed by atoms with Crippen LogP contribution in [0.1, 0.15) is 17.2 Å². The highest BCUT2D eigenvalue weighted by molar-refractivity contribution is 5.25. The molecule has 15 heavy (non-hydrogen) atoms. The third-order valence-electron chi connectivity index (χ3n) is 1.93. The molecule has 0 spiro atoms. The van der Waals surface area contributed by atoms with E-state index >= 15 is 0 Å². The second-order valence-electron chi connectivity index (χ2n) is 3.18. The van der Waals surface area contributed by atoms with Crippen LogP contribution in [0.4, 0.5) is 0 Å². The van der Waals surface area contributed by atoms with Crippen LogP contribution in [0.2, 0.25) is 0 Å². The third-order valence-corrected chi connectivity index (χ3v) is 1.93. The Morgan fingerprint density at radius 3 is 2.53 bits per heavy atom. The molecule has 0 atom stereocenters. The fraction of sp³-hybridized carbons (Fsp3) is 0.200. The molecule has 5 heteroatoms. The molecule has 0 amide bonds. The van der Waals surface area contributed by atoms with E-state index in [-0.39, 0.29) is 0 Å². The van der Waals surface area contributed by atoms with Crippen molar-refractivity contribution in [1.82, 2.24) is 19.5 Å². The average Bonchev–Trinajstić information content (AvgIpc) is 2.63. The van der Waals surface area contributed by atoms with E-state index in [1.54, 1.807) is 17.0 Å². The van der Waals surface area contributed by atoms with Gasteiger partial charge in [0.1, 0.15) is 6.07 Å². The van der Waals surface area contributed by atoms with Crippen molar-refractivity contribution in [2.24, 2.45) is 0 Å². The summed E-state index contributed by atoms with van der Waals surface area (Å²) in [6, 6.07) is 3.87. The highest BCUT2D eigenvalue weighted by Crippen LogP contribution is 2.06. The number of hydrogen-bond acceptors (Lipinski definition) is 4. The summed E-state index contributed by atoms with van der Waals surface area (Å²) in [7, 11) is 0. The summed E-state index contributed by atoms with van der Waals surface area (Å²) < 4.78 is 1.57. The van der Waals surface area contributed by atoms with Crippen LogP contribution < -0.4 is 0 Å². The topological polar surface area (TPSA) is 67.4 Å². The third kappa shape index (κ3) is 1.70. The van der Waals surface area contributed by atoms with Crippen LogP contribution in [-0.4, -0.2) is 19.5 Å². The second-order valence-corrected chi connectivity index (χ2v) is 3.18. The molecule has 0 radical (unpaired) electrons. The molecule has 2 aromatic rings. The Bertz CT molecular complexity index is 515. The molecule has 2 aromatic heterocycles. The Morgan fingerprint density at radius 2 is 1.93 bits per heavy atom. The lowest BCUT2D eigenvalue weighted by atomic mass is 10.4. The summed E-state index contributed by atoms with van der Waals surface area (Å²) in [6.45, 7) is 3.78. The highest BCUT2D eigenvalue weighted by Gasteiger charge is 2.07. The molecule has 0 unspecified atom stereocenters. The fourth-order valence-corrected chi connectivity index (χ4v) is 1.36. The fourth-order valence-electron chi connectivity index (χ4n) is 1.36. The predicted octanol–water partition coefficient (Wildman–Crippen LogP) is 1.15. The largest absolute Gasteiger partial charge is 0.259 e. The minimum Gasteiger partial charge on any atom is -0.259 e.